The topological polar surface area (TPSA) is 130 Å². The molecule has 2 amide bonds. The second kappa shape index (κ2) is 13.4. The maximum atomic E-state index is 14.0. The third-order valence-electron chi connectivity index (χ3n) is 6.02. The monoisotopic (exact) mass is 586 g/mol. The molecule has 0 aliphatic carbocycles. The molecule has 3 rings (SSSR count). The van der Waals surface area contributed by atoms with Gasteiger partial charge in [0.05, 0.1) is 15.5 Å². The van der Waals surface area contributed by atoms with Crippen LogP contribution in [0.4, 0.5) is 11.4 Å². The first-order chi connectivity index (χ1) is 18.9. The highest BCUT2D eigenvalue weighted by molar-refractivity contribution is 7.92. The van der Waals surface area contributed by atoms with E-state index in [1.54, 1.807) is 51.1 Å². The first-order valence-corrected chi connectivity index (χ1v) is 14.4. The maximum absolute atomic E-state index is 14.0. The minimum absolute atomic E-state index is 0.00812. The predicted molar refractivity (Wildman–Crippen MR) is 153 cm³/mol. The lowest BCUT2D eigenvalue weighted by molar-refractivity contribution is -0.384. The molecule has 0 fully saturated rings. The van der Waals surface area contributed by atoms with Crippen LogP contribution in [0.15, 0.2) is 83.8 Å². The highest BCUT2D eigenvalue weighted by Crippen LogP contribution is 2.28. The zero-order valence-corrected chi connectivity index (χ0v) is 23.9. The number of carbonyl (C=O) groups is 2. The summed E-state index contributed by atoms with van der Waals surface area (Å²) in [4.78, 5) is 39.1. The summed E-state index contributed by atoms with van der Waals surface area (Å²) in [6.45, 7) is 4.66. The third kappa shape index (κ3) is 7.57. The van der Waals surface area contributed by atoms with Gasteiger partial charge in [0, 0.05) is 29.7 Å². The van der Waals surface area contributed by atoms with Crippen LogP contribution in [0.25, 0.3) is 0 Å². The number of nitrogens with zero attached hydrogens (tertiary/aromatic N) is 3. The van der Waals surface area contributed by atoms with Crippen LogP contribution in [0, 0.1) is 10.1 Å². The summed E-state index contributed by atoms with van der Waals surface area (Å²) in [7, 11) is -4.33. The Morgan fingerprint density at radius 3 is 2.23 bits per heavy atom. The van der Waals surface area contributed by atoms with Crippen LogP contribution in [0.1, 0.15) is 32.8 Å². The number of benzene rings is 3. The Morgan fingerprint density at radius 2 is 1.65 bits per heavy atom. The summed E-state index contributed by atoms with van der Waals surface area (Å²) in [6.07, 6.45) is 0.264. The van der Waals surface area contributed by atoms with Gasteiger partial charge in [-0.3, -0.25) is 24.0 Å². The average Bonchev–Trinajstić information content (AvgIpc) is 2.92. The molecule has 0 heterocycles. The lowest BCUT2D eigenvalue weighted by Crippen LogP contribution is -2.53. The Kier molecular flexibility index (Phi) is 10.2. The van der Waals surface area contributed by atoms with Crippen molar-refractivity contribution < 1.29 is 22.9 Å². The standard InChI is InChI=1S/C28H31ClN4O6S/c1-4-26(28(35)30-20(2)3)31(18-21-13-15-22(29)16-14-21)27(34)19-32(23-9-8-10-24(17-23)33(36)37)40(38,39)25-11-6-5-7-12-25/h5-17,20,26H,4,18-19H2,1-3H3,(H,30,35)/t26-/m1/s1. The summed E-state index contributed by atoms with van der Waals surface area (Å²) in [5.74, 6) is -1.04. The molecule has 0 aliphatic heterocycles. The maximum Gasteiger partial charge on any atom is 0.271 e. The molecule has 3 aromatic carbocycles. The van der Waals surface area contributed by atoms with Gasteiger partial charge in [-0.25, -0.2) is 8.42 Å². The highest BCUT2D eigenvalue weighted by atomic mass is 35.5. The molecule has 0 bridgehead atoms. The second-order valence-corrected chi connectivity index (χ2v) is 11.6. The first kappa shape index (κ1) is 30.6. The minimum Gasteiger partial charge on any atom is -0.352 e. The Morgan fingerprint density at radius 1 is 1.00 bits per heavy atom. The summed E-state index contributed by atoms with van der Waals surface area (Å²) < 4.78 is 28.4. The molecule has 0 spiro atoms. The van der Waals surface area contributed by atoms with E-state index in [1.807, 2.05) is 0 Å². The van der Waals surface area contributed by atoms with Gasteiger partial charge in [0.2, 0.25) is 11.8 Å². The zero-order chi connectivity index (χ0) is 29.4. The van der Waals surface area contributed by atoms with E-state index in [-0.39, 0.29) is 41.2 Å². The van der Waals surface area contributed by atoms with E-state index in [0.29, 0.717) is 10.6 Å². The largest absolute Gasteiger partial charge is 0.352 e. The van der Waals surface area contributed by atoms with Gasteiger partial charge < -0.3 is 10.2 Å². The quantitative estimate of drug-likeness (QED) is 0.240. The Hall–Kier alpha value is -3.96. The van der Waals surface area contributed by atoms with Gasteiger partial charge in [-0.1, -0.05) is 54.9 Å². The van der Waals surface area contributed by atoms with Gasteiger partial charge in [0.25, 0.3) is 15.7 Å². The van der Waals surface area contributed by atoms with Gasteiger partial charge in [-0.2, -0.15) is 0 Å². The van der Waals surface area contributed by atoms with E-state index in [0.717, 1.165) is 10.4 Å². The molecule has 3 aromatic rings. The Balaban J connectivity index is 2.09. The predicted octanol–water partition coefficient (Wildman–Crippen LogP) is 4.78. The molecule has 0 saturated carbocycles. The number of anilines is 1. The lowest BCUT2D eigenvalue weighted by atomic mass is 10.1. The molecule has 1 N–H and O–H groups in total. The van der Waals surface area contributed by atoms with Crippen molar-refractivity contribution in [1.82, 2.24) is 10.2 Å². The fourth-order valence-electron chi connectivity index (χ4n) is 4.10. The molecule has 212 valence electrons. The van der Waals surface area contributed by atoms with Gasteiger partial charge in [0.1, 0.15) is 12.6 Å². The smallest absolute Gasteiger partial charge is 0.271 e. The summed E-state index contributed by atoms with van der Waals surface area (Å²) in [6, 6.07) is 18.2. The summed E-state index contributed by atoms with van der Waals surface area (Å²) >= 11 is 6.02. The molecular formula is C28H31ClN4O6S. The number of carbonyl (C=O) groups excluding carboxylic acids is 2. The molecule has 10 nitrogen and oxygen atoms in total. The lowest BCUT2D eigenvalue weighted by Gasteiger charge is -2.33. The molecule has 0 saturated heterocycles. The van der Waals surface area contributed by atoms with E-state index < -0.39 is 33.4 Å². The molecule has 12 heteroatoms. The highest BCUT2D eigenvalue weighted by Gasteiger charge is 2.34. The van der Waals surface area contributed by atoms with Gasteiger partial charge in [0.15, 0.2) is 0 Å². The van der Waals surface area contributed by atoms with Crippen molar-refractivity contribution in [2.75, 3.05) is 10.8 Å². The van der Waals surface area contributed by atoms with Crippen molar-refractivity contribution in [2.24, 2.45) is 0 Å². The van der Waals surface area contributed by atoms with Crippen molar-refractivity contribution in [3.8, 4) is 0 Å². The number of hydrogen-bond donors (Lipinski definition) is 1. The number of rotatable bonds is 12. The van der Waals surface area contributed by atoms with Crippen LogP contribution in [0.2, 0.25) is 5.02 Å². The average molecular weight is 587 g/mol. The van der Waals surface area contributed by atoms with Crippen LogP contribution in [-0.2, 0) is 26.2 Å². The molecule has 0 aliphatic rings. The zero-order valence-electron chi connectivity index (χ0n) is 22.4. The molecule has 0 radical (unpaired) electrons. The first-order valence-electron chi connectivity index (χ1n) is 12.6. The van der Waals surface area contributed by atoms with E-state index in [1.165, 1.54) is 47.4 Å². The number of nitro groups is 1. The molecule has 40 heavy (non-hydrogen) atoms. The van der Waals surface area contributed by atoms with E-state index in [2.05, 4.69) is 5.32 Å². The van der Waals surface area contributed by atoms with Crippen molar-refractivity contribution in [1.29, 1.82) is 0 Å². The fraction of sp³-hybridized carbons (Fsp3) is 0.286. The number of hydrogen-bond acceptors (Lipinski definition) is 6. The Labute approximate surface area is 238 Å². The number of non-ortho nitro benzene ring substituents is 1. The van der Waals surface area contributed by atoms with Crippen molar-refractivity contribution in [3.05, 3.63) is 99.6 Å². The fourth-order valence-corrected chi connectivity index (χ4v) is 5.65. The Bertz CT molecular complexity index is 1450. The number of amides is 2. The van der Waals surface area contributed by atoms with Crippen molar-refractivity contribution in [3.63, 3.8) is 0 Å². The van der Waals surface area contributed by atoms with Crippen LogP contribution in [0.5, 0.6) is 0 Å². The van der Waals surface area contributed by atoms with Gasteiger partial charge >= 0.3 is 0 Å². The molecule has 1 atom stereocenters. The van der Waals surface area contributed by atoms with Crippen LogP contribution < -0.4 is 9.62 Å². The molecule has 0 aromatic heterocycles. The number of nitro benzene ring substituents is 1. The van der Waals surface area contributed by atoms with Crippen molar-refractivity contribution in [2.45, 2.75) is 50.7 Å². The number of nitrogens with one attached hydrogen (secondary N) is 1. The third-order valence-corrected chi connectivity index (χ3v) is 8.06. The van der Waals surface area contributed by atoms with Crippen LogP contribution in [-0.4, -0.2) is 48.7 Å². The normalized spacial score (nSPS) is 12.0. The SMILES string of the molecule is CC[C@H](C(=O)NC(C)C)N(Cc1ccc(Cl)cc1)C(=O)CN(c1cccc([N+](=O)[O-])c1)S(=O)(=O)c1ccccc1. The number of sulfonamides is 1. The summed E-state index contributed by atoms with van der Waals surface area (Å²) in [5, 5.41) is 14.8. The molecule has 0 unspecified atom stereocenters. The number of halogens is 1. The molecular weight excluding hydrogens is 556 g/mol. The van der Waals surface area contributed by atoms with Gasteiger partial charge in [-0.15, -0.1) is 0 Å². The minimum atomic E-state index is -4.33. The van der Waals surface area contributed by atoms with E-state index >= 15 is 0 Å². The van der Waals surface area contributed by atoms with Crippen LogP contribution in [0.3, 0.4) is 0 Å². The van der Waals surface area contributed by atoms with Crippen molar-refractivity contribution >= 4 is 44.8 Å². The van der Waals surface area contributed by atoms with Gasteiger partial charge in [-0.05, 0) is 56.2 Å². The van der Waals surface area contributed by atoms with E-state index in [4.69, 9.17) is 11.6 Å². The second-order valence-electron chi connectivity index (χ2n) is 9.34. The van der Waals surface area contributed by atoms with Crippen LogP contribution >= 0.6 is 11.6 Å². The van der Waals surface area contributed by atoms with E-state index in [9.17, 15) is 28.1 Å². The summed E-state index contributed by atoms with van der Waals surface area (Å²) in [5.41, 5.74) is 0.290.